The molecule has 0 spiro atoms. The van der Waals surface area contributed by atoms with Crippen molar-refractivity contribution in [2.75, 3.05) is 6.61 Å². The first kappa shape index (κ1) is 15.9. The van der Waals surface area contributed by atoms with Gasteiger partial charge in [-0.1, -0.05) is 6.92 Å². The van der Waals surface area contributed by atoms with Crippen LogP contribution in [0.3, 0.4) is 0 Å². The summed E-state index contributed by atoms with van der Waals surface area (Å²) in [4.78, 5) is 14.2. The molecule has 0 amide bonds. The second-order valence-corrected chi connectivity index (χ2v) is 5.55. The van der Waals surface area contributed by atoms with Crippen molar-refractivity contribution in [1.82, 2.24) is 4.98 Å². The minimum atomic E-state index is -4.72. The summed E-state index contributed by atoms with van der Waals surface area (Å²) in [5.41, 5.74) is 1.64. The van der Waals surface area contributed by atoms with Crippen molar-refractivity contribution in [2.24, 2.45) is 0 Å². The zero-order chi connectivity index (χ0) is 16.7. The van der Waals surface area contributed by atoms with E-state index in [9.17, 15) is 18.0 Å². The van der Waals surface area contributed by atoms with Crippen molar-refractivity contribution in [3.8, 4) is 5.75 Å². The monoisotopic (exact) mass is 327 g/mol. The molecule has 0 aliphatic carbocycles. The Bertz CT molecular complexity index is 738. The number of aldehydes is 1. The summed E-state index contributed by atoms with van der Waals surface area (Å²) in [5, 5.41) is 0.675. The Kier molecular flexibility index (Phi) is 3.83. The molecule has 2 heterocycles. The first-order chi connectivity index (χ1) is 10.9. The smallest absolute Gasteiger partial charge is 0.406 e. The maximum absolute atomic E-state index is 12.4. The molecular weight excluding hydrogens is 311 g/mol. The highest BCUT2D eigenvalue weighted by molar-refractivity contribution is 5.86. The molecule has 124 valence electrons. The third kappa shape index (κ3) is 2.81. The lowest BCUT2D eigenvalue weighted by atomic mass is 9.87. The van der Waals surface area contributed by atoms with Crippen LogP contribution >= 0.6 is 0 Å². The maximum atomic E-state index is 12.4. The predicted molar refractivity (Wildman–Crippen MR) is 77.3 cm³/mol. The van der Waals surface area contributed by atoms with Crippen molar-refractivity contribution in [2.45, 2.75) is 38.1 Å². The normalized spacial score (nSPS) is 21.2. The van der Waals surface area contributed by atoms with E-state index in [4.69, 9.17) is 4.74 Å². The summed E-state index contributed by atoms with van der Waals surface area (Å²) < 4.78 is 47.0. The van der Waals surface area contributed by atoms with Crippen LogP contribution in [0.15, 0.2) is 18.2 Å². The summed E-state index contributed by atoms with van der Waals surface area (Å²) in [7, 11) is 0. The number of ether oxygens (including phenoxy) is 2. The van der Waals surface area contributed by atoms with Gasteiger partial charge >= 0.3 is 6.36 Å². The lowest BCUT2D eigenvalue weighted by molar-refractivity contribution is -0.274. The van der Waals surface area contributed by atoms with E-state index >= 15 is 0 Å². The van der Waals surface area contributed by atoms with Crippen LogP contribution in [0.1, 0.15) is 31.0 Å². The van der Waals surface area contributed by atoms with Crippen molar-refractivity contribution < 1.29 is 27.4 Å². The molecule has 1 aliphatic rings. The maximum Gasteiger partial charge on any atom is 0.573 e. The van der Waals surface area contributed by atoms with Crippen LogP contribution in [0.4, 0.5) is 13.2 Å². The molecule has 7 heteroatoms. The van der Waals surface area contributed by atoms with Crippen LogP contribution < -0.4 is 4.74 Å². The molecule has 4 nitrogen and oxygen atoms in total. The van der Waals surface area contributed by atoms with E-state index in [-0.39, 0.29) is 12.2 Å². The number of H-pyrrole nitrogens is 1. The highest BCUT2D eigenvalue weighted by atomic mass is 19.4. The third-order valence-corrected chi connectivity index (χ3v) is 4.28. The number of hydrogen-bond acceptors (Lipinski definition) is 3. The highest BCUT2D eigenvalue weighted by Gasteiger charge is 2.39. The van der Waals surface area contributed by atoms with E-state index in [2.05, 4.69) is 9.72 Å². The van der Waals surface area contributed by atoms with Crippen molar-refractivity contribution >= 4 is 17.2 Å². The van der Waals surface area contributed by atoms with Crippen LogP contribution in [0.25, 0.3) is 10.9 Å². The van der Waals surface area contributed by atoms with Gasteiger partial charge in [-0.3, -0.25) is 0 Å². The lowest BCUT2D eigenvalue weighted by Gasteiger charge is -2.35. The van der Waals surface area contributed by atoms with Gasteiger partial charge in [0, 0.05) is 17.3 Å². The Balaban J connectivity index is 2.11. The first-order valence-corrected chi connectivity index (χ1v) is 7.37. The number of benzene rings is 1. The molecule has 0 radical (unpaired) electrons. The molecule has 2 aromatic rings. The lowest BCUT2D eigenvalue weighted by Crippen LogP contribution is -2.35. The van der Waals surface area contributed by atoms with Gasteiger partial charge in [0.25, 0.3) is 0 Å². The van der Waals surface area contributed by atoms with E-state index in [1.807, 2.05) is 6.92 Å². The van der Waals surface area contributed by atoms with Gasteiger partial charge in [0.05, 0.1) is 12.3 Å². The zero-order valence-corrected chi connectivity index (χ0v) is 12.5. The van der Waals surface area contributed by atoms with Crippen molar-refractivity contribution in [3.05, 3.63) is 29.5 Å². The molecule has 1 atom stereocenters. The molecule has 0 bridgehead atoms. The standard InChI is InChI=1S/C16H16F3NO3/c1-2-15(6-7-21)14-11(5-8-22-15)12-9-10(23-16(17,18)19)3-4-13(12)20-14/h3-4,7,9,20H,2,5-6,8H2,1H3. The van der Waals surface area contributed by atoms with E-state index in [1.54, 1.807) is 6.07 Å². The minimum Gasteiger partial charge on any atom is -0.406 e. The van der Waals surface area contributed by atoms with E-state index < -0.39 is 12.0 Å². The molecule has 1 N–H and O–H groups in total. The Hall–Kier alpha value is -2.02. The molecule has 0 saturated carbocycles. The number of hydrogen-bond donors (Lipinski definition) is 1. The summed E-state index contributed by atoms with van der Waals surface area (Å²) in [6, 6.07) is 4.20. The third-order valence-electron chi connectivity index (χ3n) is 4.28. The zero-order valence-electron chi connectivity index (χ0n) is 12.5. The van der Waals surface area contributed by atoms with Crippen LogP contribution in [0, 0.1) is 0 Å². The quantitative estimate of drug-likeness (QED) is 0.868. The van der Waals surface area contributed by atoms with E-state index in [0.29, 0.717) is 30.4 Å². The first-order valence-electron chi connectivity index (χ1n) is 7.37. The number of carbonyl (C=O) groups is 1. The van der Waals surface area contributed by atoms with Gasteiger partial charge in [0.1, 0.15) is 17.6 Å². The molecule has 1 aromatic carbocycles. The second-order valence-electron chi connectivity index (χ2n) is 5.55. The van der Waals surface area contributed by atoms with Crippen molar-refractivity contribution in [3.63, 3.8) is 0 Å². The Morgan fingerprint density at radius 3 is 2.87 bits per heavy atom. The van der Waals surface area contributed by atoms with Gasteiger partial charge in [-0.15, -0.1) is 13.2 Å². The molecule has 1 unspecified atom stereocenters. The van der Waals surface area contributed by atoms with E-state index in [1.165, 1.54) is 12.1 Å². The second kappa shape index (κ2) is 5.56. The van der Waals surface area contributed by atoms with Gasteiger partial charge in [-0.05, 0) is 36.6 Å². The van der Waals surface area contributed by atoms with Crippen LogP contribution in [-0.4, -0.2) is 24.2 Å². The molecule has 0 saturated heterocycles. The summed E-state index contributed by atoms with van der Waals surface area (Å²) in [5.74, 6) is -0.254. The Morgan fingerprint density at radius 1 is 1.43 bits per heavy atom. The number of halogens is 3. The highest BCUT2D eigenvalue weighted by Crippen LogP contribution is 2.41. The molecular formula is C16H16F3NO3. The van der Waals surface area contributed by atoms with Crippen LogP contribution in [-0.2, 0) is 21.6 Å². The fourth-order valence-corrected chi connectivity index (χ4v) is 3.21. The Morgan fingerprint density at radius 2 is 2.22 bits per heavy atom. The van der Waals surface area contributed by atoms with Crippen molar-refractivity contribution in [1.29, 1.82) is 0 Å². The average molecular weight is 327 g/mol. The summed E-state index contributed by atoms with van der Waals surface area (Å²) >= 11 is 0. The number of aromatic nitrogens is 1. The molecule has 1 aromatic heterocycles. The average Bonchev–Trinajstić information content (AvgIpc) is 2.85. The minimum absolute atomic E-state index is 0.204. The molecule has 0 fully saturated rings. The molecule has 1 aliphatic heterocycles. The largest absolute Gasteiger partial charge is 0.573 e. The van der Waals surface area contributed by atoms with Crippen LogP contribution in [0.5, 0.6) is 5.75 Å². The molecule has 3 rings (SSSR count). The van der Waals surface area contributed by atoms with Gasteiger partial charge in [0.15, 0.2) is 0 Å². The van der Waals surface area contributed by atoms with Gasteiger partial charge in [-0.25, -0.2) is 0 Å². The van der Waals surface area contributed by atoms with Gasteiger partial charge in [-0.2, -0.15) is 0 Å². The van der Waals surface area contributed by atoms with E-state index in [0.717, 1.165) is 17.5 Å². The SMILES string of the molecule is CCC1(CC=O)OCCc2c1[nH]c1ccc(OC(F)(F)F)cc21. The number of carbonyl (C=O) groups excluding carboxylic acids is 1. The summed E-state index contributed by atoms with van der Waals surface area (Å²) in [6.07, 6.45) is -2.54. The number of nitrogens with one attached hydrogen (secondary N) is 1. The fraction of sp³-hybridized carbons (Fsp3) is 0.438. The van der Waals surface area contributed by atoms with Gasteiger partial charge in [0.2, 0.25) is 0 Å². The van der Waals surface area contributed by atoms with Gasteiger partial charge < -0.3 is 19.3 Å². The Labute approximate surface area is 130 Å². The molecule has 23 heavy (non-hydrogen) atoms. The summed E-state index contributed by atoms with van der Waals surface area (Å²) in [6.45, 7) is 2.34. The number of alkyl halides is 3. The fourth-order valence-electron chi connectivity index (χ4n) is 3.21. The number of fused-ring (bicyclic) bond motifs is 3. The number of aromatic amines is 1. The predicted octanol–water partition coefficient (Wildman–Crippen LogP) is 3.83. The number of rotatable bonds is 4. The van der Waals surface area contributed by atoms with Crippen LogP contribution in [0.2, 0.25) is 0 Å². The topological polar surface area (TPSA) is 51.3 Å².